The fraction of sp³-hybridized carbons (Fsp3) is 1.00. The van der Waals surface area contributed by atoms with Gasteiger partial charge in [-0.2, -0.15) is 0 Å². The zero-order chi connectivity index (χ0) is 14.8. The Morgan fingerprint density at radius 2 is 1.48 bits per heavy atom. The maximum absolute atomic E-state index is 10.0. The first-order chi connectivity index (χ1) is 9.99. The fourth-order valence-electron chi connectivity index (χ4n) is 4.53. The maximum Gasteiger partial charge on any atom is 0.162 e. The third-order valence-corrected chi connectivity index (χ3v) is 5.81. The normalized spacial score (nSPS) is 46.6. The van der Waals surface area contributed by atoms with Gasteiger partial charge in [0.25, 0.3) is 0 Å². The highest BCUT2D eigenvalue weighted by Gasteiger charge is 2.73. The third kappa shape index (κ3) is 2.07. The van der Waals surface area contributed by atoms with Crippen LogP contribution in [0, 0.1) is 10.8 Å². The number of epoxide rings is 3. The summed E-state index contributed by atoms with van der Waals surface area (Å²) in [7, 11) is 0. The molecular weight excluding hydrogens is 280 g/mol. The van der Waals surface area contributed by atoms with E-state index < -0.39 is 23.4 Å². The average Bonchev–Trinajstić information content (AvgIpc) is 3.23. The van der Waals surface area contributed by atoms with Gasteiger partial charge in [0.2, 0.25) is 0 Å². The van der Waals surface area contributed by atoms with Crippen molar-refractivity contribution in [3.05, 3.63) is 0 Å². The molecule has 1 aliphatic carbocycles. The number of fused-ring (bicyclic) bond motifs is 1. The highest BCUT2D eigenvalue weighted by molar-refractivity contribution is 5.17. The molecule has 4 N–H and O–H groups in total. The maximum atomic E-state index is 10.0. The molecule has 0 aromatic heterocycles. The van der Waals surface area contributed by atoms with Gasteiger partial charge in [0.15, 0.2) is 12.6 Å². The second kappa shape index (κ2) is 4.61. The van der Waals surface area contributed by atoms with Gasteiger partial charge in [-0.1, -0.05) is 0 Å². The number of hydrogen-bond donors (Lipinski definition) is 4. The first-order valence-electron chi connectivity index (χ1n) is 7.60. The van der Waals surface area contributed by atoms with E-state index in [-0.39, 0.29) is 24.4 Å². The molecule has 120 valence electrons. The number of aliphatic hydroxyl groups excluding tert-OH is 2. The first kappa shape index (κ1) is 14.3. The molecule has 3 saturated heterocycles. The summed E-state index contributed by atoms with van der Waals surface area (Å²) in [4.78, 5) is 0. The lowest BCUT2D eigenvalue weighted by molar-refractivity contribution is -0.296. The van der Waals surface area contributed by atoms with Gasteiger partial charge in [-0.3, -0.25) is 0 Å². The number of aliphatic hydroxyl groups is 4. The van der Waals surface area contributed by atoms with Gasteiger partial charge in [-0.05, 0) is 25.7 Å². The van der Waals surface area contributed by atoms with Crippen LogP contribution < -0.4 is 0 Å². The summed E-state index contributed by atoms with van der Waals surface area (Å²) in [6.45, 7) is 1.26. The Balaban J connectivity index is 1.75. The van der Waals surface area contributed by atoms with Crippen molar-refractivity contribution in [1.29, 1.82) is 0 Å². The van der Waals surface area contributed by atoms with E-state index in [2.05, 4.69) is 0 Å². The van der Waals surface area contributed by atoms with Crippen molar-refractivity contribution >= 4 is 0 Å². The lowest BCUT2D eigenvalue weighted by Crippen LogP contribution is -2.62. The number of ether oxygens (including phenoxy) is 3. The van der Waals surface area contributed by atoms with Crippen LogP contribution in [0.5, 0.6) is 0 Å². The standard InChI is InChI=1S/C14H22O7/c15-11(16)14(12(17)18)2-1-9-10(21-9)13(14,3-7-5-19-7)4-8-6-20-8/h7-12,15-18H,1-6H2. The molecule has 7 heteroatoms. The molecule has 3 heterocycles. The molecule has 4 fully saturated rings. The van der Waals surface area contributed by atoms with Crippen molar-refractivity contribution in [3.63, 3.8) is 0 Å². The minimum absolute atomic E-state index is 0.0311. The molecule has 0 radical (unpaired) electrons. The summed E-state index contributed by atoms with van der Waals surface area (Å²) < 4.78 is 16.4. The lowest BCUT2D eigenvalue weighted by Gasteiger charge is -2.54. The Bertz CT molecular complexity index is 394. The monoisotopic (exact) mass is 302 g/mol. The Hall–Kier alpha value is -0.280. The molecule has 3 aliphatic heterocycles. The predicted octanol–water partition coefficient (Wildman–Crippen LogP) is -1.28. The van der Waals surface area contributed by atoms with Crippen LogP contribution >= 0.6 is 0 Å². The van der Waals surface area contributed by atoms with Crippen LogP contribution in [0.25, 0.3) is 0 Å². The predicted molar refractivity (Wildman–Crippen MR) is 67.9 cm³/mol. The van der Waals surface area contributed by atoms with Gasteiger partial charge in [0, 0.05) is 5.41 Å². The van der Waals surface area contributed by atoms with Crippen LogP contribution in [-0.4, -0.2) is 70.6 Å². The Morgan fingerprint density at radius 3 is 1.90 bits per heavy atom. The molecule has 1 saturated carbocycles. The molecule has 4 unspecified atom stereocenters. The van der Waals surface area contributed by atoms with E-state index in [1.165, 1.54) is 0 Å². The summed E-state index contributed by atoms with van der Waals surface area (Å²) in [5.41, 5.74) is -2.15. The topological polar surface area (TPSA) is 119 Å². The second-order valence-corrected chi connectivity index (χ2v) is 6.90. The van der Waals surface area contributed by atoms with Crippen molar-refractivity contribution in [2.24, 2.45) is 10.8 Å². The second-order valence-electron chi connectivity index (χ2n) is 6.90. The largest absolute Gasteiger partial charge is 0.373 e. The minimum atomic E-state index is -1.82. The zero-order valence-electron chi connectivity index (χ0n) is 11.7. The smallest absolute Gasteiger partial charge is 0.162 e. The fourth-order valence-corrected chi connectivity index (χ4v) is 4.53. The molecule has 21 heavy (non-hydrogen) atoms. The summed E-state index contributed by atoms with van der Waals surface area (Å²) in [5, 5.41) is 40.1. The summed E-state index contributed by atoms with van der Waals surface area (Å²) >= 11 is 0. The number of rotatable bonds is 6. The molecule has 0 spiro atoms. The third-order valence-electron chi connectivity index (χ3n) is 5.81. The Morgan fingerprint density at radius 1 is 0.952 bits per heavy atom. The molecule has 0 aromatic carbocycles. The quantitative estimate of drug-likeness (QED) is 0.356. The van der Waals surface area contributed by atoms with Gasteiger partial charge < -0.3 is 34.6 Å². The van der Waals surface area contributed by atoms with Gasteiger partial charge >= 0.3 is 0 Å². The number of hydrogen-bond acceptors (Lipinski definition) is 7. The Labute approximate surface area is 122 Å². The van der Waals surface area contributed by atoms with E-state index in [0.717, 1.165) is 0 Å². The van der Waals surface area contributed by atoms with Crippen molar-refractivity contribution in [3.8, 4) is 0 Å². The van der Waals surface area contributed by atoms with Crippen molar-refractivity contribution in [1.82, 2.24) is 0 Å². The van der Waals surface area contributed by atoms with Crippen LogP contribution in [0.3, 0.4) is 0 Å². The highest BCUT2D eigenvalue weighted by atomic mass is 16.6. The molecule has 7 nitrogen and oxygen atoms in total. The average molecular weight is 302 g/mol. The van der Waals surface area contributed by atoms with Crippen LogP contribution in [0.15, 0.2) is 0 Å². The van der Waals surface area contributed by atoms with E-state index in [9.17, 15) is 20.4 Å². The van der Waals surface area contributed by atoms with Gasteiger partial charge in [-0.15, -0.1) is 0 Å². The van der Waals surface area contributed by atoms with Gasteiger partial charge in [0.05, 0.1) is 43.0 Å². The zero-order valence-corrected chi connectivity index (χ0v) is 11.7. The Kier molecular flexibility index (Phi) is 3.14. The highest BCUT2D eigenvalue weighted by Crippen LogP contribution is 2.66. The van der Waals surface area contributed by atoms with Crippen LogP contribution in [0.1, 0.15) is 25.7 Å². The first-order valence-corrected chi connectivity index (χ1v) is 7.60. The van der Waals surface area contributed by atoms with E-state index in [4.69, 9.17) is 14.2 Å². The summed E-state index contributed by atoms with van der Waals surface area (Å²) in [6, 6.07) is 0. The van der Waals surface area contributed by atoms with E-state index in [1.54, 1.807) is 0 Å². The van der Waals surface area contributed by atoms with E-state index in [0.29, 0.717) is 38.9 Å². The lowest BCUT2D eigenvalue weighted by atomic mass is 9.51. The summed E-state index contributed by atoms with van der Waals surface area (Å²) in [5.74, 6) is 0. The molecule has 4 atom stereocenters. The van der Waals surface area contributed by atoms with Crippen molar-refractivity contribution < 1.29 is 34.6 Å². The molecule has 0 bridgehead atoms. The SMILES string of the molecule is OC(O)C1(C(O)O)CCC2OC2C1(CC1CO1)CC1CO1. The minimum Gasteiger partial charge on any atom is -0.373 e. The van der Waals surface area contributed by atoms with Crippen LogP contribution in [0.4, 0.5) is 0 Å². The molecule has 0 amide bonds. The van der Waals surface area contributed by atoms with Gasteiger partial charge in [0.1, 0.15) is 0 Å². The van der Waals surface area contributed by atoms with Crippen molar-refractivity contribution in [2.45, 2.75) is 62.7 Å². The summed E-state index contributed by atoms with van der Waals surface area (Å²) in [6.07, 6.45) is -1.67. The molecule has 4 rings (SSSR count). The molecule has 4 aliphatic rings. The van der Waals surface area contributed by atoms with E-state index >= 15 is 0 Å². The van der Waals surface area contributed by atoms with Gasteiger partial charge in [-0.25, -0.2) is 0 Å². The van der Waals surface area contributed by atoms with Crippen LogP contribution in [-0.2, 0) is 14.2 Å². The molecule has 0 aromatic rings. The molecular formula is C14H22O7. The van der Waals surface area contributed by atoms with Crippen molar-refractivity contribution in [2.75, 3.05) is 13.2 Å². The van der Waals surface area contributed by atoms with E-state index in [1.807, 2.05) is 0 Å². The van der Waals surface area contributed by atoms with Crippen LogP contribution in [0.2, 0.25) is 0 Å².